The number of hydrogen-bond acceptors (Lipinski definition) is 8. The molecule has 204 valence electrons. The van der Waals surface area contributed by atoms with Crippen molar-refractivity contribution in [2.24, 2.45) is 7.05 Å². The molecule has 11 nitrogen and oxygen atoms in total. The van der Waals surface area contributed by atoms with Gasteiger partial charge in [-0.15, -0.1) is 0 Å². The number of piperidine rings is 1. The molecule has 1 aromatic carbocycles. The third kappa shape index (κ3) is 6.86. The van der Waals surface area contributed by atoms with Crippen molar-refractivity contribution in [1.82, 2.24) is 19.6 Å². The second-order valence-corrected chi connectivity index (χ2v) is 10.3. The lowest BCUT2D eigenvalue weighted by Gasteiger charge is -2.42. The first-order valence-electron chi connectivity index (χ1n) is 12.3. The molecule has 0 aliphatic carbocycles. The highest BCUT2D eigenvalue weighted by Crippen LogP contribution is 2.36. The minimum absolute atomic E-state index is 0.0417. The summed E-state index contributed by atoms with van der Waals surface area (Å²) in [7, 11) is 3.22. The van der Waals surface area contributed by atoms with Crippen LogP contribution in [0.25, 0.3) is 0 Å². The monoisotopic (exact) mass is 525 g/mol. The topological polar surface area (TPSA) is 140 Å². The summed E-state index contributed by atoms with van der Waals surface area (Å²) in [6.45, 7) is 7.00. The summed E-state index contributed by atoms with van der Waals surface area (Å²) in [5, 5.41) is 16.4. The van der Waals surface area contributed by atoms with Crippen LogP contribution < -0.4 is 10.9 Å². The van der Waals surface area contributed by atoms with Crippen molar-refractivity contribution in [2.45, 2.75) is 51.0 Å². The lowest BCUT2D eigenvalue weighted by Crippen LogP contribution is -2.50. The van der Waals surface area contributed by atoms with Crippen LogP contribution in [0.4, 0.5) is 5.69 Å². The van der Waals surface area contributed by atoms with Gasteiger partial charge in [0.1, 0.15) is 17.8 Å². The van der Waals surface area contributed by atoms with E-state index in [-0.39, 0.29) is 17.0 Å². The number of ether oxygens (including phenoxy) is 1. The zero-order chi connectivity index (χ0) is 27.9. The smallest absolute Gasteiger partial charge is 0.296 e. The van der Waals surface area contributed by atoms with E-state index in [4.69, 9.17) is 9.26 Å². The quantitative estimate of drug-likeness (QED) is 0.468. The molecule has 1 unspecified atom stereocenters. The number of rotatable bonds is 6. The molecule has 0 bridgehead atoms. The number of likely N-dealkylation sites (tertiary alicyclic amines) is 1. The second kappa shape index (κ2) is 12.0. The molecule has 0 saturated carbocycles. The minimum atomic E-state index is -0.762. The third-order valence-corrected chi connectivity index (χ3v) is 6.40. The number of aromatic nitrogens is 3. The lowest BCUT2D eigenvalue weighted by molar-refractivity contribution is -0.120. The SMILES string of the molecule is COC(C)(C)C.Cn1c(C2(Cc3ccccc3)CCCN(C=O)C2)nc(C(=O)Nc2cnoc2)c(O)c1=O. The number of carbonyl (C=O) groups excluding carboxylic acids is 2. The van der Waals surface area contributed by atoms with E-state index in [0.717, 1.165) is 12.0 Å². The Hall–Kier alpha value is -3.99. The van der Waals surface area contributed by atoms with Gasteiger partial charge in [0.15, 0.2) is 5.69 Å². The summed E-state index contributed by atoms with van der Waals surface area (Å²) in [5.41, 5.74) is -0.518. The van der Waals surface area contributed by atoms with Crippen LogP contribution in [0.15, 0.2) is 52.1 Å². The molecule has 11 heteroatoms. The average molecular weight is 526 g/mol. The maximum atomic E-state index is 12.9. The fourth-order valence-corrected chi connectivity index (χ4v) is 4.33. The van der Waals surface area contributed by atoms with Crippen molar-refractivity contribution >= 4 is 18.0 Å². The van der Waals surface area contributed by atoms with Crippen LogP contribution in [-0.2, 0) is 28.4 Å². The van der Waals surface area contributed by atoms with Gasteiger partial charge in [0.2, 0.25) is 12.2 Å². The van der Waals surface area contributed by atoms with E-state index in [0.29, 0.717) is 38.2 Å². The van der Waals surface area contributed by atoms with Gasteiger partial charge in [0, 0.05) is 27.2 Å². The predicted octanol–water partition coefficient (Wildman–Crippen LogP) is 2.89. The van der Waals surface area contributed by atoms with E-state index in [1.165, 1.54) is 24.1 Å². The largest absolute Gasteiger partial charge is 0.501 e. The maximum absolute atomic E-state index is 12.9. The Morgan fingerprint density at radius 2 is 1.97 bits per heavy atom. The molecular weight excluding hydrogens is 490 g/mol. The van der Waals surface area contributed by atoms with Crippen LogP contribution in [0.1, 0.15) is 55.5 Å². The number of nitrogens with one attached hydrogen (secondary N) is 1. The van der Waals surface area contributed by atoms with Gasteiger partial charge >= 0.3 is 0 Å². The van der Waals surface area contributed by atoms with E-state index in [9.17, 15) is 19.5 Å². The van der Waals surface area contributed by atoms with Gasteiger partial charge in [-0.25, -0.2) is 4.98 Å². The van der Waals surface area contributed by atoms with Crippen LogP contribution in [0.5, 0.6) is 5.75 Å². The number of aromatic hydroxyl groups is 1. The molecule has 0 spiro atoms. The summed E-state index contributed by atoms with van der Waals surface area (Å²) in [6, 6.07) is 9.70. The van der Waals surface area contributed by atoms with Gasteiger partial charge in [0.05, 0.1) is 17.2 Å². The van der Waals surface area contributed by atoms with Crippen molar-refractivity contribution in [2.75, 3.05) is 25.5 Å². The molecule has 1 atom stereocenters. The van der Waals surface area contributed by atoms with Gasteiger partial charge in [-0.1, -0.05) is 35.5 Å². The van der Waals surface area contributed by atoms with E-state index in [2.05, 4.69) is 15.5 Å². The number of hydrogen-bond donors (Lipinski definition) is 2. The highest BCUT2D eigenvalue weighted by Gasteiger charge is 2.41. The first kappa shape index (κ1) is 28.6. The van der Waals surface area contributed by atoms with Crippen LogP contribution >= 0.6 is 0 Å². The fourth-order valence-electron chi connectivity index (χ4n) is 4.33. The van der Waals surface area contributed by atoms with Crippen LogP contribution in [0.3, 0.4) is 0 Å². The van der Waals surface area contributed by atoms with Crippen molar-refractivity contribution in [3.63, 3.8) is 0 Å². The molecule has 3 heterocycles. The van der Waals surface area contributed by atoms with Gasteiger partial charge in [-0.2, -0.15) is 0 Å². The number of carbonyl (C=O) groups is 2. The first-order chi connectivity index (χ1) is 18.0. The van der Waals surface area contributed by atoms with E-state index >= 15 is 0 Å². The normalized spacial score (nSPS) is 17.3. The Bertz CT molecular complexity index is 1280. The Labute approximate surface area is 221 Å². The van der Waals surface area contributed by atoms with Crippen LogP contribution in [-0.4, -0.2) is 62.8 Å². The molecule has 4 rings (SSSR count). The summed E-state index contributed by atoms with van der Waals surface area (Å²) < 4.78 is 10.9. The molecule has 38 heavy (non-hydrogen) atoms. The fraction of sp³-hybridized carbons (Fsp3) is 0.444. The van der Waals surface area contributed by atoms with E-state index < -0.39 is 22.6 Å². The molecule has 1 fully saturated rings. The average Bonchev–Trinajstić information content (AvgIpc) is 3.41. The zero-order valence-electron chi connectivity index (χ0n) is 22.4. The molecular formula is C27H35N5O6. The van der Waals surface area contributed by atoms with Gasteiger partial charge in [0.25, 0.3) is 11.5 Å². The van der Waals surface area contributed by atoms with Gasteiger partial charge in [-0.05, 0) is 45.6 Å². The number of anilines is 1. The van der Waals surface area contributed by atoms with Gasteiger partial charge < -0.3 is 24.6 Å². The van der Waals surface area contributed by atoms with Gasteiger partial charge in [-0.3, -0.25) is 19.0 Å². The van der Waals surface area contributed by atoms with E-state index in [1.54, 1.807) is 12.0 Å². The molecule has 2 N–H and O–H groups in total. The number of benzene rings is 1. The molecule has 2 amide bonds. The molecule has 3 aromatic rings. The standard InChI is InChI=1S/C22H23N5O5.C5H12O/c1-26-20(31)18(29)17(19(30)24-16-11-23-32-12-16)25-21(26)22(8-5-9-27(13-22)14-28)10-15-6-3-2-4-7-15;1-5(2,3)6-4/h2-4,6-7,11-12,14,29H,5,8-10,13H2,1H3,(H,24,30);1-4H3. The lowest BCUT2D eigenvalue weighted by atomic mass is 9.74. The summed E-state index contributed by atoms with van der Waals surface area (Å²) in [4.78, 5) is 43.4. The van der Waals surface area contributed by atoms with Crippen LogP contribution in [0.2, 0.25) is 0 Å². The molecule has 1 aliphatic rings. The molecule has 1 aliphatic heterocycles. The van der Waals surface area contributed by atoms with Crippen molar-refractivity contribution in [3.8, 4) is 5.75 Å². The van der Waals surface area contributed by atoms with Crippen molar-refractivity contribution in [1.29, 1.82) is 0 Å². The predicted molar refractivity (Wildman–Crippen MR) is 141 cm³/mol. The molecule has 1 saturated heterocycles. The minimum Gasteiger partial charge on any atom is -0.501 e. The zero-order valence-corrected chi connectivity index (χ0v) is 22.4. The maximum Gasteiger partial charge on any atom is 0.296 e. The Morgan fingerprint density at radius 3 is 2.55 bits per heavy atom. The summed E-state index contributed by atoms with van der Waals surface area (Å²) in [5.74, 6) is -1.17. The number of nitrogens with zero attached hydrogens (tertiary/aromatic N) is 4. The van der Waals surface area contributed by atoms with Crippen LogP contribution in [0, 0.1) is 0 Å². The highest BCUT2D eigenvalue weighted by molar-refractivity contribution is 6.04. The Kier molecular flexibility index (Phi) is 9.05. The van der Waals surface area contributed by atoms with Crippen molar-refractivity contribution < 1.29 is 24.0 Å². The summed E-state index contributed by atoms with van der Waals surface area (Å²) in [6.07, 6.45) is 5.18. The third-order valence-electron chi connectivity index (χ3n) is 6.40. The summed E-state index contributed by atoms with van der Waals surface area (Å²) >= 11 is 0. The molecule has 2 aromatic heterocycles. The second-order valence-electron chi connectivity index (χ2n) is 10.3. The first-order valence-corrected chi connectivity index (χ1v) is 12.3. The Balaban J connectivity index is 0.000000599. The molecule has 0 radical (unpaired) electrons. The number of methoxy groups -OCH3 is 1. The Morgan fingerprint density at radius 1 is 1.29 bits per heavy atom. The van der Waals surface area contributed by atoms with E-state index in [1.807, 2.05) is 51.1 Å². The highest BCUT2D eigenvalue weighted by atomic mass is 16.5. The number of amides is 2. The van der Waals surface area contributed by atoms with Crippen molar-refractivity contribution in [3.05, 3.63) is 70.2 Å².